The number of ether oxygens (including phenoxy) is 1. The molecule has 21 heavy (non-hydrogen) atoms. The third-order valence-electron chi connectivity index (χ3n) is 3.35. The molecule has 0 aromatic heterocycles. The second kappa shape index (κ2) is 5.96. The standard InChI is InChI=1S/C12H17N3O5S/c1-9-8-20-6-5-14(9)21(18,19)10-3-4-11(13-2)12(7-10)15(16)17/h3-4,7,9,13H,5-6,8H2,1-2H3. The molecule has 1 aromatic carbocycles. The molecule has 0 saturated carbocycles. The van der Waals surface area contributed by atoms with Crippen LogP contribution >= 0.6 is 0 Å². The van der Waals surface area contributed by atoms with Crippen molar-refractivity contribution in [1.29, 1.82) is 0 Å². The van der Waals surface area contributed by atoms with Gasteiger partial charge in [-0.3, -0.25) is 10.1 Å². The topological polar surface area (TPSA) is 102 Å². The number of hydrogen-bond acceptors (Lipinski definition) is 6. The van der Waals surface area contributed by atoms with Gasteiger partial charge in [-0.15, -0.1) is 0 Å². The fourth-order valence-electron chi connectivity index (χ4n) is 2.24. The number of rotatable bonds is 4. The summed E-state index contributed by atoms with van der Waals surface area (Å²) in [7, 11) is -2.23. The summed E-state index contributed by atoms with van der Waals surface area (Å²) < 4.78 is 31.7. The minimum atomic E-state index is -3.77. The fourth-order valence-corrected chi connectivity index (χ4v) is 3.86. The first-order chi connectivity index (χ1) is 9.87. The second-order valence-corrected chi connectivity index (χ2v) is 6.62. The third-order valence-corrected chi connectivity index (χ3v) is 5.36. The van der Waals surface area contributed by atoms with Gasteiger partial charge in [-0.05, 0) is 19.1 Å². The first kappa shape index (κ1) is 15.7. The van der Waals surface area contributed by atoms with E-state index in [-0.39, 0.29) is 28.9 Å². The molecule has 0 bridgehead atoms. The summed E-state index contributed by atoms with van der Waals surface area (Å²) in [5, 5.41) is 13.7. The first-order valence-corrected chi connectivity index (χ1v) is 7.87. The number of sulfonamides is 1. The highest BCUT2D eigenvalue weighted by molar-refractivity contribution is 7.89. The van der Waals surface area contributed by atoms with E-state index in [1.165, 1.54) is 16.4 Å². The summed E-state index contributed by atoms with van der Waals surface area (Å²) in [6.07, 6.45) is 0. The van der Waals surface area contributed by atoms with Gasteiger partial charge in [0.05, 0.1) is 23.0 Å². The van der Waals surface area contributed by atoms with E-state index >= 15 is 0 Å². The van der Waals surface area contributed by atoms with Crippen LogP contribution in [0.25, 0.3) is 0 Å². The van der Waals surface area contributed by atoms with E-state index in [1.807, 2.05) is 0 Å². The number of nitrogens with zero attached hydrogens (tertiary/aromatic N) is 2. The highest BCUT2D eigenvalue weighted by atomic mass is 32.2. The lowest BCUT2D eigenvalue weighted by molar-refractivity contribution is -0.384. The number of hydrogen-bond donors (Lipinski definition) is 1. The lowest BCUT2D eigenvalue weighted by Crippen LogP contribution is -2.46. The number of nitro groups is 1. The van der Waals surface area contributed by atoms with Crippen molar-refractivity contribution in [3.05, 3.63) is 28.3 Å². The Labute approximate surface area is 122 Å². The molecule has 1 N–H and O–H groups in total. The Hall–Kier alpha value is -1.71. The van der Waals surface area contributed by atoms with Gasteiger partial charge in [-0.2, -0.15) is 4.31 Å². The summed E-state index contributed by atoms with van der Waals surface area (Å²) in [4.78, 5) is 10.4. The molecule has 8 nitrogen and oxygen atoms in total. The second-order valence-electron chi connectivity index (χ2n) is 4.73. The largest absolute Gasteiger partial charge is 0.383 e. The van der Waals surface area contributed by atoms with Crippen LogP contribution in [0.2, 0.25) is 0 Å². The molecule has 116 valence electrons. The number of benzene rings is 1. The normalized spacial score (nSPS) is 20.2. The molecule has 1 aliphatic heterocycles. The monoisotopic (exact) mass is 315 g/mol. The van der Waals surface area contributed by atoms with Crippen molar-refractivity contribution < 1.29 is 18.1 Å². The molecular formula is C12H17N3O5S. The maximum atomic E-state index is 12.6. The van der Waals surface area contributed by atoms with Crippen LogP contribution in [0.3, 0.4) is 0 Å². The van der Waals surface area contributed by atoms with Gasteiger partial charge in [0.2, 0.25) is 10.0 Å². The van der Waals surface area contributed by atoms with Crippen LogP contribution < -0.4 is 5.32 Å². The van der Waals surface area contributed by atoms with Crippen LogP contribution in [-0.2, 0) is 14.8 Å². The van der Waals surface area contributed by atoms with Crippen LogP contribution in [0.15, 0.2) is 23.1 Å². The number of morpholine rings is 1. The summed E-state index contributed by atoms with van der Waals surface area (Å²) in [5.41, 5.74) is 0.00784. The van der Waals surface area contributed by atoms with E-state index < -0.39 is 14.9 Å². The van der Waals surface area contributed by atoms with Gasteiger partial charge < -0.3 is 10.1 Å². The Morgan fingerprint density at radius 3 is 2.76 bits per heavy atom. The first-order valence-electron chi connectivity index (χ1n) is 6.43. The van der Waals surface area contributed by atoms with E-state index in [0.717, 1.165) is 6.07 Å². The van der Waals surface area contributed by atoms with Gasteiger partial charge in [-0.1, -0.05) is 0 Å². The zero-order valence-corrected chi connectivity index (χ0v) is 12.6. The molecule has 1 aromatic rings. The zero-order chi connectivity index (χ0) is 15.6. The Balaban J connectivity index is 2.45. The van der Waals surface area contributed by atoms with Crippen LogP contribution in [-0.4, -0.2) is 50.5 Å². The average Bonchev–Trinajstić information content (AvgIpc) is 2.46. The minimum absolute atomic E-state index is 0.0815. The zero-order valence-electron chi connectivity index (χ0n) is 11.8. The fraction of sp³-hybridized carbons (Fsp3) is 0.500. The van der Waals surface area contributed by atoms with Gasteiger partial charge in [0.15, 0.2) is 0 Å². The summed E-state index contributed by atoms with van der Waals surface area (Å²) >= 11 is 0. The van der Waals surface area contributed by atoms with Crippen molar-refractivity contribution in [2.45, 2.75) is 17.9 Å². The van der Waals surface area contributed by atoms with Crippen molar-refractivity contribution in [3.8, 4) is 0 Å². The van der Waals surface area contributed by atoms with E-state index in [1.54, 1.807) is 14.0 Å². The molecule has 1 aliphatic rings. The molecule has 0 aliphatic carbocycles. The smallest absolute Gasteiger partial charge is 0.293 e. The molecule has 1 heterocycles. The Morgan fingerprint density at radius 1 is 1.48 bits per heavy atom. The van der Waals surface area contributed by atoms with Crippen LogP contribution in [0.1, 0.15) is 6.92 Å². The molecule has 2 rings (SSSR count). The van der Waals surface area contributed by atoms with Crippen molar-refractivity contribution >= 4 is 21.4 Å². The van der Waals surface area contributed by atoms with Gasteiger partial charge in [0.25, 0.3) is 5.69 Å². The van der Waals surface area contributed by atoms with Gasteiger partial charge >= 0.3 is 0 Å². The van der Waals surface area contributed by atoms with Crippen molar-refractivity contribution in [1.82, 2.24) is 4.31 Å². The Kier molecular flexibility index (Phi) is 4.45. The van der Waals surface area contributed by atoms with Crippen molar-refractivity contribution in [3.63, 3.8) is 0 Å². The maximum Gasteiger partial charge on any atom is 0.293 e. The van der Waals surface area contributed by atoms with E-state index in [2.05, 4.69) is 5.32 Å². The number of nitrogens with one attached hydrogen (secondary N) is 1. The van der Waals surface area contributed by atoms with E-state index in [9.17, 15) is 18.5 Å². The van der Waals surface area contributed by atoms with Crippen LogP contribution in [0.5, 0.6) is 0 Å². The van der Waals surface area contributed by atoms with E-state index in [4.69, 9.17) is 4.74 Å². The molecule has 1 fully saturated rings. The van der Waals surface area contributed by atoms with Crippen molar-refractivity contribution in [2.75, 3.05) is 32.1 Å². The number of anilines is 1. The van der Waals surface area contributed by atoms with Gasteiger partial charge in [0, 0.05) is 25.7 Å². The third kappa shape index (κ3) is 2.99. The molecule has 0 radical (unpaired) electrons. The van der Waals surface area contributed by atoms with Crippen molar-refractivity contribution in [2.24, 2.45) is 0 Å². The van der Waals surface area contributed by atoms with E-state index in [0.29, 0.717) is 13.2 Å². The molecule has 0 spiro atoms. The highest BCUT2D eigenvalue weighted by Gasteiger charge is 2.32. The quantitative estimate of drug-likeness (QED) is 0.658. The molecule has 9 heteroatoms. The SMILES string of the molecule is CNc1ccc(S(=O)(=O)N2CCOCC2C)cc1[N+](=O)[O-]. The molecule has 1 saturated heterocycles. The van der Waals surface area contributed by atoms with Gasteiger partial charge in [0.1, 0.15) is 5.69 Å². The predicted molar refractivity (Wildman–Crippen MR) is 76.8 cm³/mol. The predicted octanol–water partition coefficient (Wildman–Crippen LogP) is 1.05. The Bertz CT molecular complexity index is 646. The summed E-state index contributed by atoms with van der Waals surface area (Å²) in [6.45, 7) is 2.62. The average molecular weight is 315 g/mol. The Morgan fingerprint density at radius 2 is 2.19 bits per heavy atom. The summed E-state index contributed by atoms with van der Waals surface area (Å²) in [5.74, 6) is 0. The van der Waals surface area contributed by atoms with Crippen LogP contribution in [0, 0.1) is 10.1 Å². The lowest BCUT2D eigenvalue weighted by atomic mass is 10.3. The molecular weight excluding hydrogens is 298 g/mol. The highest BCUT2D eigenvalue weighted by Crippen LogP contribution is 2.29. The minimum Gasteiger partial charge on any atom is -0.383 e. The van der Waals surface area contributed by atoms with Crippen LogP contribution in [0.4, 0.5) is 11.4 Å². The lowest BCUT2D eigenvalue weighted by Gasteiger charge is -2.32. The molecule has 1 atom stereocenters. The summed E-state index contributed by atoms with van der Waals surface area (Å²) in [6, 6.07) is 3.56. The molecule has 0 amide bonds. The number of nitro benzene ring substituents is 1. The molecule has 1 unspecified atom stereocenters. The maximum absolute atomic E-state index is 12.6. The van der Waals surface area contributed by atoms with Gasteiger partial charge in [-0.25, -0.2) is 8.42 Å².